The van der Waals surface area contributed by atoms with Crippen LogP contribution in [0.2, 0.25) is 0 Å². The third-order valence-corrected chi connectivity index (χ3v) is 3.11. The van der Waals surface area contributed by atoms with E-state index >= 15 is 0 Å². The van der Waals surface area contributed by atoms with Crippen molar-refractivity contribution >= 4 is 6.09 Å². The number of nitriles is 1. The van der Waals surface area contributed by atoms with E-state index in [-0.39, 0.29) is 0 Å². The number of carbonyl (C=O) groups is 1. The summed E-state index contributed by atoms with van der Waals surface area (Å²) < 4.78 is 10.6. The first-order valence-corrected chi connectivity index (χ1v) is 5.78. The first-order valence-electron chi connectivity index (χ1n) is 5.78. The fourth-order valence-electron chi connectivity index (χ4n) is 2.65. The Labute approximate surface area is 101 Å². The highest BCUT2D eigenvalue weighted by Crippen LogP contribution is 2.51. The summed E-state index contributed by atoms with van der Waals surface area (Å²) in [5.74, 6) is 0. The van der Waals surface area contributed by atoms with Crippen LogP contribution in [0.25, 0.3) is 0 Å². The van der Waals surface area contributed by atoms with Crippen LogP contribution in [-0.2, 0) is 9.47 Å². The SMILES string of the molecule is CC(C)(C)OC(=O)NC12COCC(C#N)(C1)C2. The summed E-state index contributed by atoms with van der Waals surface area (Å²) in [6.45, 7) is 6.41. The Morgan fingerprint density at radius 2 is 2.06 bits per heavy atom. The molecule has 1 saturated carbocycles. The van der Waals surface area contributed by atoms with E-state index in [1.807, 2.05) is 20.8 Å². The summed E-state index contributed by atoms with van der Waals surface area (Å²) in [5, 5.41) is 11.9. The Bertz CT molecular complexity index is 372. The van der Waals surface area contributed by atoms with Crippen molar-refractivity contribution in [3.05, 3.63) is 0 Å². The molecule has 0 unspecified atom stereocenters. The fourth-order valence-corrected chi connectivity index (χ4v) is 2.65. The Morgan fingerprint density at radius 1 is 1.41 bits per heavy atom. The van der Waals surface area contributed by atoms with Crippen molar-refractivity contribution in [3.8, 4) is 6.07 Å². The van der Waals surface area contributed by atoms with Gasteiger partial charge in [0.2, 0.25) is 0 Å². The maximum Gasteiger partial charge on any atom is 0.408 e. The number of alkyl carbamates (subject to hydrolysis) is 1. The van der Waals surface area contributed by atoms with Crippen molar-refractivity contribution in [2.75, 3.05) is 13.2 Å². The van der Waals surface area contributed by atoms with E-state index in [0.717, 1.165) is 0 Å². The van der Waals surface area contributed by atoms with Gasteiger partial charge in [-0.15, -0.1) is 0 Å². The first-order chi connectivity index (χ1) is 7.78. The van der Waals surface area contributed by atoms with Gasteiger partial charge in [-0.2, -0.15) is 5.26 Å². The monoisotopic (exact) mass is 238 g/mol. The van der Waals surface area contributed by atoms with Crippen molar-refractivity contribution in [1.82, 2.24) is 5.32 Å². The Kier molecular flexibility index (Phi) is 2.58. The molecular weight excluding hydrogens is 220 g/mol. The van der Waals surface area contributed by atoms with Gasteiger partial charge in [-0.1, -0.05) is 0 Å². The van der Waals surface area contributed by atoms with Crippen LogP contribution in [0.1, 0.15) is 33.6 Å². The fraction of sp³-hybridized carbons (Fsp3) is 0.833. The van der Waals surface area contributed by atoms with Gasteiger partial charge in [-0.25, -0.2) is 4.79 Å². The zero-order chi connectivity index (χ0) is 12.7. The average Bonchev–Trinajstić information content (AvgIpc) is 2.13. The molecule has 0 radical (unpaired) electrons. The van der Waals surface area contributed by atoms with Crippen LogP contribution in [-0.4, -0.2) is 30.4 Å². The van der Waals surface area contributed by atoms with Crippen molar-refractivity contribution in [2.45, 2.75) is 44.8 Å². The summed E-state index contributed by atoms with van der Waals surface area (Å²) in [6, 6.07) is 2.28. The number of hydrogen-bond acceptors (Lipinski definition) is 4. The van der Waals surface area contributed by atoms with E-state index < -0.39 is 22.6 Å². The zero-order valence-electron chi connectivity index (χ0n) is 10.5. The van der Waals surface area contributed by atoms with Gasteiger partial charge in [-0.05, 0) is 33.6 Å². The van der Waals surface area contributed by atoms with E-state index in [9.17, 15) is 4.79 Å². The summed E-state index contributed by atoms with van der Waals surface area (Å²) in [7, 11) is 0. The summed E-state index contributed by atoms with van der Waals surface area (Å²) in [4.78, 5) is 11.7. The molecule has 17 heavy (non-hydrogen) atoms. The zero-order valence-corrected chi connectivity index (χ0v) is 10.5. The molecule has 1 amide bonds. The number of hydrogen-bond donors (Lipinski definition) is 1. The lowest BCUT2D eigenvalue weighted by atomic mass is 9.57. The predicted octanol–water partition coefficient (Wildman–Crippen LogP) is 1.58. The molecule has 3 rings (SSSR count). The van der Waals surface area contributed by atoms with Crippen LogP contribution < -0.4 is 5.32 Å². The standard InChI is InChI=1S/C12H18N2O3/c1-10(2,3)17-9(15)14-12-4-11(5-12,6-13)7-16-8-12/h4-5,7-8H2,1-3H3,(H,14,15). The minimum Gasteiger partial charge on any atom is -0.444 e. The summed E-state index contributed by atoms with van der Waals surface area (Å²) in [5.41, 5.74) is -1.30. The highest BCUT2D eigenvalue weighted by molar-refractivity contribution is 5.69. The molecule has 3 fully saturated rings. The minimum atomic E-state index is -0.508. The van der Waals surface area contributed by atoms with Gasteiger partial charge in [0.25, 0.3) is 0 Å². The van der Waals surface area contributed by atoms with Gasteiger partial charge in [0.05, 0.1) is 30.2 Å². The lowest BCUT2D eigenvalue weighted by Crippen LogP contribution is -2.69. The molecular formula is C12H18N2O3. The van der Waals surface area contributed by atoms with E-state index in [1.165, 1.54) is 0 Å². The van der Waals surface area contributed by atoms with Crippen molar-refractivity contribution < 1.29 is 14.3 Å². The van der Waals surface area contributed by atoms with Crippen LogP contribution in [0.3, 0.4) is 0 Å². The van der Waals surface area contributed by atoms with Crippen LogP contribution in [0.4, 0.5) is 4.79 Å². The molecule has 2 saturated heterocycles. The molecule has 3 aliphatic rings. The number of fused-ring (bicyclic) bond motifs is 2. The minimum absolute atomic E-state index is 0.393. The normalized spacial score (nSPS) is 35.4. The quantitative estimate of drug-likeness (QED) is 0.753. The van der Waals surface area contributed by atoms with Crippen LogP contribution in [0, 0.1) is 16.7 Å². The number of nitrogens with one attached hydrogen (secondary N) is 1. The van der Waals surface area contributed by atoms with Gasteiger partial charge in [0, 0.05) is 0 Å². The third-order valence-electron chi connectivity index (χ3n) is 3.11. The number of ether oxygens (including phenoxy) is 2. The molecule has 5 heteroatoms. The molecule has 2 bridgehead atoms. The molecule has 0 spiro atoms. The second-order valence-corrected chi connectivity index (χ2v) is 6.15. The van der Waals surface area contributed by atoms with Gasteiger partial charge < -0.3 is 14.8 Å². The summed E-state index contributed by atoms with van der Waals surface area (Å²) in [6.07, 6.45) is 0.889. The number of rotatable bonds is 1. The Morgan fingerprint density at radius 3 is 2.59 bits per heavy atom. The molecule has 1 aliphatic carbocycles. The average molecular weight is 238 g/mol. The lowest BCUT2D eigenvalue weighted by molar-refractivity contribution is -0.131. The molecule has 0 atom stereocenters. The molecule has 5 nitrogen and oxygen atoms in total. The van der Waals surface area contributed by atoms with Crippen LogP contribution in [0.15, 0.2) is 0 Å². The third kappa shape index (κ3) is 2.37. The number of nitrogens with zero attached hydrogens (tertiary/aromatic N) is 1. The predicted molar refractivity (Wildman–Crippen MR) is 60.2 cm³/mol. The van der Waals surface area contributed by atoms with E-state index in [4.69, 9.17) is 14.7 Å². The highest BCUT2D eigenvalue weighted by atomic mass is 16.6. The van der Waals surface area contributed by atoms with Gasteiger partial charge >= 0.3 is 6.09 Å². The highest BCUT2D eigenvalue weighted by Gasteiger charge is 2.60. The van der Waals surface area contributed by atoms with Crippen LogP contribution in [0.5, 0.6) is 0 Å². The van der Waals surface area contributed by atoms with Crippen LogP contribution >= 0.6 is 0 Å². The van der Waals surface area contributed by atoms with E-state index in [0.29, 0.717) is 26.1 Å². The second-order valence-electron chi connectivity index (χ2n) is 6.15. The maximum absolute atomic E-state index is 11.7. The van der Waals surface area contributed by atoms with Gasteiger partial charge in [0.15, 0.2) is 0 Å². The topological polar surface area (TPSA) is 71.3 Å². The second kappa shape index (κ2) is 3.61. The largest absolute Gasteiger partial charge is 0.444 e. The molecule has 0 aromatic carbocycles. The molecule has 94 valence electrons. The Balaban J connectivity index is 1.93. The number of amides is 1. The lowest BCUT2D eigenvalue weighted by Gasteiger charge is -2.56. The molecule has 2 heterocycles. The van der Waals surface area contributed by atoms with Crippen molar-refractivity contribution in [2.24, 2.45) is 5.41 Å². The number of carbonyl (C=O) groups excluding carboxylic acids is 1. The molecule has 0 aromatic rings. The molecule has 1 N–H and O–H groups in total. The van der Waals surface area contributed by atoms with Gasteiger partial charge in [-0.3, -0.25) is 0 Å². The Hall–Kier alpha value is -1.28. The maximum atomic E-state index is 11.7. The van der Waals surface area contributed by atoms with Crippen molar-refractivity contribution in [1.29, 1.82) is 5.26 Å². The van der Waals surface area contributed by atoms with Gasteiger partial charge in [0.1, 0.15) is 5.60 Å². The molecule has 0 aromatic heterocycles. The van der Waals surface area contributed by atoms with E-state index in [2.05, 4.69) is 11.4 Å². The summed E-state index contributed by atoms with van der Waals surface area (Å²) >= 11 is 0. The first kappa shape index (κ1) is 12.2. The van der Waals surface area contributed by atoms with Crippen molar-refractivity contribution in [3.63, 3.8) is 0 Å². The van der Waals surface area contributed by atoms with E-state index in [1.54, 1.807) is 0 Å². The molecule has 2 aliphatic heterocycles. The smallest absolute Gasteiger partial charge is 0.408 e.